The van der Waals surface area contributed by atoms with Crippen LogP contribution < -0.4 is 26.8 Å². The molecule has 1 atom stereocenters. The highest BCUT2D eigenvalue weighted by molar-refractivity contribution is 5.98. The van der Waals surface area contributed by atoms with Crippen molar-refractivity contribution in [2.45, 2.75) is 38.6 Å². The Kier molecular flexibility index (Phi) is 6.56. The highest BCUT2D eigenvalue weighted by Crippen LogP contribution is 2.43. The summed E-state index contributed by atoms with van der Waals surface area (Å²) in [5.74, 6) is 1.24. The average molecular weight is 404 g/mol. The van der Waals surface area contributed by atoms with E-state index >= 15 is 0 Å². The van der Waals surface area contributed by atoms with Crippen molar-refractivity contribution in [3.63, 3.8) is 0 Å². The summed E-state index contributed by atoms with van der Waals surface area (Å²) >= 11 is 0. The molecule has 0 amide bonds. The van der Waals surface area contributed by atoms with Crippen LogP contribution in [-0.2, 0) is 0 Å². The van der Waals surface area contributed by atoms with Gasteiger partial charge in [-0.2, -0.15) is 10.5 Å². The van der Waals surface area contributed by atoms with Gasteiger partial charge in [-0.3, -0.25) is 5.32 Å². The Balaban J connectivity index is 2.04. The third kappa shape index (κ3) is 4.20. The van der Waals surface area contributed by atoms with Crippen molar-refractivity contribution in [3.05, 3.63) is 41.0 Å². The molecule has 1 aromatic carbocycles. The number of nitrogen functional groups attached to an aromatic ring is 2. The number of fused-ring (bicyclic) bond motifs is 1. The molecule has 0 saturated heterocycles. The normalized spacial score (nSPS) is 14.5. The van der Waals surface area contributed by atoms with Crippen LogP contribution in [0.2, 0.25) is 0 Å². The van der Waals surface area contributed by atoms with E-state index in [-0.39, 0.29) is 23.0 Å². The number of hydrogen-bond donors (Lipinski definition) is 4. The first-order valence-electron chi connectivity index (χ1n) is 9.81. The zero-order valence-electron chi connectivity index (χ0n) is 16.8. The van der Waals surface area contributed by atoms with E-state index in [9.17, 15) is 5.26 Å². The number of ether oxygens (including phenoxy) is 1. The Hall–Kier alpha value is -3.98. The predicted octanol–water partition coefficient (Wildman–Crippen LogP) is 3.02. The Morgan fingerprint density at radius 2 is 2.00 bits per heavy atom. The predicted molar refractivity (Wildman–Crippen MR) is 116 cm³/mol. The van der Waals surface area contributed by atoms with Gasteiger partial charge in [-0.25, -0.2) is 9.98 Å². The van der Waals surface area contributed by atoms with Crippen molar-refractivity contribution in [2.24, 2.45) is 4.99 Å². The van der Waals surface area contributed by atoms with E-state index in [0.29, 0.717) is 23.7 Å². The van der Waals surface area contributed by atoms with Gasteiger partial charge in [0, 0.05) is 11.1 Å². The zero-order chi connectivity index (χ0) is 21.5. The Labute approximate surface area is 175 Å². The van der Waals surface area contributed by atoms with Crippen LogP contribution in [0.25, 0.3) is 0 Å². The van der Waals surface area contributed by atoms with Crippen LogP contribution in [0.3, 0.4) is 0 Å². The van der Waals surface area contributed by atoms with Crippen LogP contribution in [0, 0.1) is 22.8 Å². The van der Waals surface area contributed by atoms with Crippen LogP contribution >= 0.6 is 0 Å². The van der Waals surface area contributed by atoms with Gasteiger partial charge in [-0.15, -0.1) is 0 Å². The molecule has 6 N–H and O–H groups in total. The number of guanidine groups is 1. The van der Waals surface area contributed by atoms with Gasteiger partial charge in [0.2, 0.25) is 5.96 Å². The lowest BCUT2D eigenvalue weighted by molar-refractivity contribution is 0.301. The van der Waals surface area contributed by atoms with Crippen LogP contribution in [0.5, 0.6) is 5.75 Å². The number of nitrogens with two attached hydrogens (primary N) is 2. The molecule has 1 aliphatic heterocycles. The summed E-state index contributed by atoms with van der Waals surface area (Å²) < 4.78 is 6.04. The molecule has 2 heterocycles. The summed E-state index contributed by atoms with van der Waals surface area (Å²) in [6.07, 6.45) is 6.22. The molecule has 9 nitrogen and oxygen atoms in total. The third-order valence-corrected chi connectivity index (χ3v) is 4.83. The molecule has 0 bridgehead atoms. The molecule has 1 aliphatic rings. The molecule has 0 saturated carbocycles. The van der Waals surface area contributed by atoms with Crippen molar-refractivity contribution in [2.75, 3.05) is 23.4 Å². The van der Waals surface area contributed by atoms with Crippen LogP contribution in [0.1, 0.15) is 55.3 Å². The molecular formula is C21H24N8O. The van der Waals surface area contributed by atoms with Crippen molar-refractivity contribution in [1.29, 1.82) is 10.5 Å². The summed E-state index contributed by atoms with van der Waals surface area (Å²) in [5.41, 5.74) is 13.8. The van der Waals surface area contributed by atoms with Gasteiger partial charge in [0.15, 0.2) is 6.19 Å². The number of para-hydroxylation sites is 1. The maximum Gasteiger partial charge on any atom is 0.211 e. The fourth-order valence-corrected chi connectivity index (χ4v) is 3.35. The highest BCUT2D eigenvalue weighted by Gasteiger charge is 2.31. The first-order valence-corrected chi connectivity index (χ1v) is 9.81. The lowest BCUT2D eigenvalue weighted by Crippen LogP contribution is -2.32. The molecule has 0 aliphatic carbocycles. The van der Waals surface area contributed by atoms with Gasteiger partial charge < -0.3 is 21.5 Å². The fourth-order valence-electron chi connectivity index (χ4n) is 3.35. The van der Waals surface area contributed by atoms with E-state index in [2.05, 4.69) is 27.5 Å². The number of nitrogens with zero attached hydrogens (tertiary/aromatic N) is 4. The summed E-state index contributed by atoms with van der Waals surface area (Å²) in [5, 5.41) is 23.9. The van der Waals surface area contributed by atoms with Crippen LogP contribution in [0.4, 0.5) is 17.3 Å². The first kappa shape index (κ1) is 20.7. The molecule has 3 rings (SSSR count). The monoisotopic (exact) mass is 404 g/mol. The summed E-state index contributed by atoms with van der Waals surface area (Å²) in [6.45, 7) is 2.75. The second-order valence-corrected chi connectivity index (χ2v) is 6.85. The Morgan fingerprint density at radius 3 is 2.73 bits per heavy atom. The second kappa shape index (κ2) is 9.48. The molecule has 9 heteroatoms. The largest absolute Gasteiger partial charge is 0.493 e. The minimum atomic E-state index is -0.621. The first-order chi connectivity index (χ1) is 14.6. The number of benzene rings is 1. The zero-order valence-corrected chi connectivity index (χ0v) is 16.8. The molecule has 1 unspecified atom stereocenters. The van der Waals surface area contributed by atoms with E-state index in [1.54, 1.807) is 0 Å². The number of aliphatic imine (C=N–C) groups is 1. The van der Waals surface area contributed by atoms with Crippen molar-refractivity contribution < 1.29 is 4.74 Å². The smallest absolute Gasteiger partial charge is 0.211 e. The molecule has 0 fully saturated rings. The van der Waals surface area contributed by atoms with E-state index in [0.717, 1.165) is 24.8 Å². The van der Waals surface area contributed by atoms with E-state index < -0.39 is 6.04 Å². The number of nitriles is 2. The number of nitrogens with one attached hydrogen (secondary N) is 2. The Bertz CT molecular complexity index is 1030. The molecule has 0 spiro atoms. The molecule has 154 valence electrons. The highest BCUT2D eigenvalue weighted by atomic mass is 16.5. The lowest BCUT2D eigenvalue weighted by atomic mass is 9.94. The molecule has 0 radical (unpaired) electrons. The maximum absolute atomic E-state index is 9.45. The van der Waals surface area contributed by atoms with Gasteiger partial charge in [0.25, 0.3) is 0 Å². The summed E-state index contributed by atoms with van der Waals surface area (Å²) in [7, 11) is 0. The molecule has 30 heavy (non-hydrogen) atoms. The number of rotatable bonds is 7. The quantitative estimate of drug-likeness (QED) is 0.311. The van der Waals surface area contributed by atoms with Crippen molar-refractivity contribution >= 4 is 23.3 Å². The summed E-state index contributed by atoms with van der Waals surface area (Å²) in [6, 6.07) is 8.90. The van der Waals surface area contributed by atoms with E-state index in [1.807, 2.05) is 36.5 Å². The SMILES string of the molecule is CCCCCCOc1ccccc1C1N=C(NC#N)Nc2nc(N)c(C#N)c(N)c21. The number of unbranched alkanes of at least 4 members (excludes halogenated alkanes) is 3. The standard InChI is InChI=1S/C21H24N8O/c1-2-3-4-7-10-30-15-9-6-5-8-13(15)18-16-17(24)14(11-22)19(25)28-20(16)29-21(27-18)26-12-23/h5-6,8-9,18H,2-4,7,10H2,1H3,(H6,24,25,26,27,28,29). The summed E-state index contributed by atoms with van der Waals surface area (Å²) in [4.78, 5) is 8.86. The number of hydrogen-bond acceptors (Lipinski definition) is 9. The number of pyridine rings is 1. The van der Waals surface area contributed by atoms with Crippen molar-refractivity contribution in [1.82, 2.24) is 10.3 Å². The fraction of sp³-hybridized carbons (Fsp3) is 0.333. The van der Waals surface area contributed by atoms with Crippen LogP contribution in [-0.4, -0.2) is 17.6 Å². The number of aromatic nitrogens is 1. The topological polar surface area (TPSA) is 158 Å². The number of anilines is 3. The van der Waals surface area contributed by atoms with E-state index in [1.165, 1.54) is 6.42 Å². The molecular weight excluding hydrogens is 380 g/mol. The van der Waals surface area contributed by atoms with Gasteiger partial charge in [-0.1, -0.05) is 44.4 Å². The Morgan fingerprint density at radius 1 is 1.20 bits per heavy atom. The van der Waals surface area contributed by atoms with Gasteiger partial charge in [0.1, 0.15) is 35.1 Å². The van der Waals surface area contributed by atoms with Gasteiger partial charge in [-0.05, 0) is 12.5 Å². The molecule has 2 aromatic rings. The minimum absolute atomic E-state index is 0.0127. The third-order valence-electron chi connectivity index (χ3n) is 4.83. The maximum atomic E-state index is 9.45. The van der Waals surface area contributed by atoms with E-state index in [4.69, 9.17) is 21.5 Å². The molecule has 1 aromatic heterocycles. The van der Waals surface area contributed by atoms with Crippen molar-refractivity contribution in [3.8, 4) is 18.0 Å². The average Bonchev–Trinajstić information content (AvgIpc) is 2.74. The van der Waals surface area contributed by atoms with Gasteiger partial charge >= 0.3 is 0 Å². The lowest BCUT2D eigenvalue weighted by Gasteiger charge is -2.27. The second-order valence-electron chi connectivity index (χ2n) is 6.85. The van der Waals surface area contributed by atoms with Crippen LogP contribution in [0.15, 0.2) is 29.3 Å². The minimum Gasteiger partial charge on any atom is -0.493 e. The van der Waals surface area contributed by atoms with Gasteiger partial charge in [0.05, 0.1) is 12.3 Å².